The molecule has 0 saturated heterocycles. The monoisotopic (exact) mass is 330 g/mol. The second-order valence-corrected chi connectivity index (χ2v) is 5.00. The number of carbonyl (C=O) groups excluding carboxylic acids is 3. The Morgan fingerprint density at radius 3 is 2.42 bits per heavy atom. The molecule has 0 aliphatic carbocycles. The molecule has 0 atom stereocenters. The SMILES string of the molecule is COC(=O)c1ccc(N(CC(=O)NCc2ccco2)C(C)=O)cc1. The molecule has 1 heterocycles. The topological polar surface area (TPSA) is 88.8 Å². The number of nitrogens with one attached hydrogen (secondary N) is 1. The average Bonchev–Trinajstić information content (AvgIpc) is 3.10. The Morgan fingerprint density at radius 2 is 1.88 bits per heavy atom. The normalized spacial score (nSPS) is 10.1. The first-order valence-electron chi connectivity index (χ1n) is 7.27. The van der Waals surface area contributed by atoms with Gasteiger partial charge < -0.3 is 19.4 Å². The molecular formula is C17H18N2O5. The maximum atomic E-state index is 12.0. The Kier molecular flexibility index (Phi) is 5.73. The summed E-state index contributed by atoms with van der Waals surface area (Å²) >= 11 is 0. The fourth-order valence-electron chi connectivity index (χ4n) is 2.08. The number of rotatable bonds is 6. The van der Waals surface area contributed by atoms with E-state index < -0.39 is 5.97 Å². The Bertz CT molecular complexity index is 707. The summed E-state index contributed by atoms with van der Waals surface area (Å²) in [7, 11) is 1.29. The number of amides is 2. The van der Waals surface area contributed by atoms with Gasteiger partial charge in [-0.15, -0.1) is 0 Å². The number of anilines is 1. The van der Waals surface area contributed by atoms with Crippen molar-refractivity contribution in [2.45, 2.75) is 13.5 Å². The lowest BCUT2D eigenvalue weighted by Gasteiger charge is -2.20. The third-order valence-electron chi connectivity index (χ3n) is 3.32. The van der Waals surface area contributed by atoms with Crippen molar-refractivity contribution in [2.24, 2.45) is 0 Å². The lowest BCUT2D eigenvalue weighted by molar-refractivity contribution is -0.123. The van der Waals surface area contributed by atoms with Gasteiger partial charge in [-0.05, 0) is 36.4 Å². The van der Waals surface area contributed by atoms with Gasteiger partial charge in [0.15, 0.2) is 0 Å². The van der Waals surface area contributed by atoms with Crippen molar-refractivity contribution in [3.63, 3.8) is 0 Å². The van der Waals surface area contributed by atoms with Gasteiger partial charge in [0, 0.05) is 12.6 Å². The zero-order valence-electron chi connectivity index (χ0n) is 13.4. The van der Waals surface area contributed by atoms with Crippen LogP contribution < -0.4 is 10.2 Å². The highest BCUT2D eigenvalue weighted by atomic mass is 16.5. The summed E-state index contributed by atoms with van der Waals surface area (Å²) in [6.45, 7) is 1.49. The van der Waals surface area contributed by atoms with E-state index in [1.54, 1.807) is 24.3 Å². The van der Waals surface area contributed by atoms with Gasteiger partial charge in [-0.2, -0.15) is 0 Å². The van der Waals surface area contributed by atoms with Gasteiger partial charge in [0.05, 0.1) is 25.5 Å². The number of hydrogen-bond donors (Lipinski definition) is 1. The molecule has 0 aliphatic rings. The van der Waals surface area contributed by atoms with E-state index in [1.807, 2.05) is 0 Å². The van der Waals surface area contributed by atoms with Crippen LogP contribution in [0.2, 0.25) is 0 Å². The minimum Gasteiger partial charge on any atom is -0.467 e. The maximum Gasteiger partial charge on any atom is 0.337 e. The first-order chi connectivity index (χ1) is 11.5. The molecule has 0 radical (unpaired) electrons. The van der Waals surface area contributed by atoms with Crippen LogP contribution >= 0.6 is 0 Å². The van der Waals surface area contributed by atoms with E-state index in [9.17, 15) is 14.4 Å². The molecule has 7 heteroatoms. The smallest absolute Gasteiger partial charge is 0.337 e. The lowest BCUT2D eigenvalue weighted by Crippen LogP contribution is -2.39. The molecule has 0 aliphatic heterocycles. The van der Waals surface area contributed by atoms with Gasteiger partial charge in [-0.3, -0.25) is 9.59 Å². The molecular weight excluding hydrogens is 312 g/mol. The Morgan fingerprint density at radius 1 is 1.17 bits per heavy atom. The average molecular weight is 330 g/mol. The van der Waals surface area contributed by atoms with Crippen molar-refractivity contribution in [1.82, 2.24) is 5.32 Å². The van der Waals surface area contributed by atoms with E-state index in [0.717, 1.165) is 0 Å². The van der Waals surface area contributed by atoms with Crippen molar-refractivity contribution in [3.05, 3.63) is 54.0 Å². The predicted molar refractivity (Wildman–Crippen MR) is 86.4 cm³/mol. The third-order valence-corrected chi connectivity index (χ3v) is 3.32. The first kappa shape index (κ1) is 17.3. The molecule has 2 aromatic rings. The quantitative estimate of drug-likeness (QED) is 0.815. The number of nitrogens with zero attached hydrogens (tertiary/aromatic N) is 1. The van der Waals surface area contributed by atoms with Crippen molar-refractivity contribution in [2.75, 3.05) is 18.6 Å². The van der Waals surface area contributed by atoms with Crippen LogP contribution in [0.4, 0.5) is 5.69 Å². The van der Waals surface area contributed by atoms with E-state index in [2.05, 4.69) is 10.1 Å². The molecule has 1 aromatic heterocycles. The molecule has 0 unspecified atom stereocenters. The molecule has 0 bridgehead atoms. The van der Waals surface area contributed by atoms with Crippen molar-refractivity contribution in [3.8, 4) is 0 Å². The number of esters is 1. The zero-order valence-corrected chi connectivity index (χ0v) is 13.4. The summed E-state index contributed by atoms with van der Waals surface area (Å²) in [5.74, 6) is -0.445. The summed E-state index contributed by atoms with van der Waals surface area (Å²) in [5.41, 5.74) is 0.885. The summed E-state index contributed by atoms with van der Waals surface area (Å²) < 4.78 is 9.75. The summed E-state index contributed by atoms with van der Waals surface area (Å²) in [6, 6.07) is 9.73. The van der Waals surface area contributed by atoms with Gasteiger partial charge in [0.25, 0.3) is 0 Å². The van der Waals surface area contributed by atoms with Crippen LogP contribution in [0.25, 0.3) is 0 Å². The van der Waals surface area contributed by atoms with Crippen LogP contribution in [0.1, 0.15) is 23.0 Å². The maximum absolute atomic E-state index is 12.0. The second-order valence-electron chi connectivity index (χ2n) is 5.00. The second kappa shape index (κ2) is 7.96. The Balaban J connectivity index is 2.02. The van der Waals surface area contributed by atoms with Crippen LogP contribution in [-0.2, 0) is 20.9 Å². The van der Waals surface area contributed by atoms with Crippen molar-refractivity contribution < 1.29 is 23.5 Å². The molecule has 24 heavy (non-hydrogen) atoms. The van der Waals surface area contributed by atoms with E-state index in [0.29, 0.717) is 17.0 Å². The van der Waals surface area contributed by atoms with Gasteiger partial charge in [-0.1, -0.05) is 0 Å². The molecule has 0 fully saturated rings. The number of benzene rings is 1. The van der Waals surface area contributed by atoms with Gasteiger partial charge in [0.2, 0.25) is 11.8 Å². The molecule has 1 aromatic carbocycles. The van der Waals surface area contributed by atoms with Crippen LogP contribution in [0, 0.1) is 0 Å². The molecule has 0 saturated carbocycles. The minimum absolute atomic E-state index is 0.131. The molecule has 1 N–H and O–H groups in total. The van der Waals surface area contributed by atoms with Gasteiger partial charge in [-0.25, -0.2) is 4.79 Å². The molecule has 7 nitrogen and oxygen atoms in total. The lowest BCUT2D eigenvalue weighted by atomic mass is 10.2. The molecule has 0 spiro atoms. The number of furan rings is 1. The zero-order chi connectivity index (χ0) is 17.5. The Labute approximate surface area is 139 Å². The predicted octanol–water partition coefficient (Wildman–Crippen LogP) is 1.74. The highest BCUT2D eigenvalue weighted by Gasteiger charge is 2.16. The number of hydrogen-bond acceptors (Lipinski definition) is 5. The number of carbonyl (C=O) groups is 3. The highest BCUT2D eigenvalue weighted by molar-refractivity contribution is 5.98. The van der Waals surface area contributed by atoms with Crippen LogP contribution in [-0.4, -0.2) is 31.4 Å². The van der Waals surface area contributed by atoms with E-state index in [1.165, 1.54) is 37.3 Å². The minimum atomic E-state index is -0.466. The largest absolute Gasteiger partial charge is 0.467 e. The fourth-order valence-corrected chi connectivity index (χ4v) is 2.08. The standard InChI is InChI=1S/C17H18N2O5/c1-12(20)19(11-16(21)18-10-15-4-3-9-24-15)14-7-5-13(6-8-14)17(22)23-2/h3-9H,10-11H2,1-2H3,(H,18,21). The fraction of sp³-hybridized carbons (Fsp3) is 0.235. The van der Waals surface area contributed by atoms with Crippen LogP contribution in [0.3, 0.4) is 0 Å². The molecule has 2 rings (SSSR count). The molecule has 2 amide bonds. The Hall–Kier alpha value is -3.09. The third kappa shape index (κ3) is 4.45. The highest BCUT2D eigenvalue weighted by Crippen LogP contribution is 2.16. The van der Waals surface area contributed by atoms with Gasteiger partial charge in [0.1, 0.15) is 12.3 Å². The van der Waals surface area contributed by atoms with Crippen molar-refractivity contribution >= 4 is 23.5 Å². The summed E-state index contributed by atoms with van der Waals surface area (Å²) in [6.07, 6.45) is 1.52. The van der Waals surface area contributed by atoms with E-state index in [4.69, 9.17) is 4.42 Å². The van der Waals surface area contributed by atoms with E-state index in [-0.39, 0.29) is 24.9 Å². The van der Waals surface area contributed by atoms with Crippen LogP contribution in [0.5, 0.6) is 0 Å². The summed E-state index contributed by atoms with van der Waals surface area (Å²) in [4.78, 5) is 36.6. The van der Waals surface area contributed by atoms with Gasteiger partial charge >= 0.3 is 5.97 Å². The number of ether oxygens (including phenoxy) is 1. The number of methoxy groups -OCH3 is 1. The molecule has 126 valence electrons. The summed E-state index contributed by atoms with van der Waals surface area (Å²) in [5, 5.41) is 2.68. The van der Waals surface area contributed by atoms with Crippen LogP contribution in [0.15, 0.2) is 47.1 Å². The first-order valence-corrected chi connectivity index (χ1v) is 7.27. The van der Waals surface area contributed by atoms with Crippen molar-refractivity contribution in [1.29, 1.82) is 0 Å². The van der Waals surface area contributed by atoms with E-state index >= 15 is 0 Å².